The summed E-state index contributed by atoms with van der Waals surface area (Å²) >= 11 is 6.13. The van der Waals surface area contributed by atoms with Gasteiger partial charge in [0.25, 0.3) is 0 Å². The number of carbonyl (C=O) groups excluding carboxylic acids is 2. The normalized spacial score (nSPS) is 10.9. The second-order valence-corrected chi connectivity index (χ2v) is 6.45. The fourth-order valence-electron chi connectivity index (χ4n) is 2.61. The van der Waals surface area contributed by atoms with Crippen molar-refractivity contribution >= 4 is 23.7 Å². The molecule has 6 nitrogen and oxygen atoms in total. The summed E-state index contributed by atoms with van der Waals surface area (Å²) in [7, 11) is 3.77. The van der Waals surface area contributed by atoms with Crippen LogP contribution in [0.3, 0.4) is 0 Å². The third kappa shape index (κ3) is 3.71. The fraction of sp³-hybridized carbons (Fsp3) is 0.158. The molecule has 0 bridgehead atoms. The van der Waals surface area contributed by atoms with Gasteiger partial charge in [0.2, 0.25) is 5.82 Å². The minimum atomic E-state index is -0.179. The largest absolute Gasteiger partial charge is 0.302 e. The number of carbonyl (C=O) groups is 2. The number of benzene rings is 2. The van der Waals surface area contributed by atoms with Crippen LogP contribution in [-0.2, 0) is 6.54 Å². The maximum absolute atomic E-state index is 13.0. The van der Waals surface area contributed by atoms with E-state index in [0.717, 1.165) is 0 Å². The van der Waals surface area contributed by atoms with Crippen molar-refractivity contribution in [2.75, 3.05) is 14.1 Å². The van der Waals surface area contributed by atoms with Gasteiger partial charge in [-0.15, -0.1) is 5.10 Å². The summed E-state index contributed by atoms with van der Waals surface area (Å²) in [6.07, 6.45) is 0.588. The van der Waals surface area contributed by atoms with Crippen molar-refractivity contribution in [2.24, 2.45) is 0 Å². The quantitative estimate of drug-likeness (QED) is 0.494. The van der Waals surface area contributed by atoms with Crippen molar-refractivity contribution < 1.29 is 9.59 Å². The van der Waals surface area contributed by atoms with Gasteiger partial charge in [-0.05, 0) is 32.3 Å². The van der Waals surface area contributed by atoms with E-state index in [1.807, 2.05) is 25.1 Å². The number of ketones is 1. The van der Waals surface area contributed by atoms with Gasteiger partial charge < -0.3 is 4.90 Å². The highest BCUT2D eigenvalue weighted by Crippen LogP contribution is 2.23. The molecule has 0 radical (unpaired) electrons. The molecule has 0 aliphatic heterocycles. The first kappa shape index (κ1) is 18.0. The fourth-order valence-corrected chi connectivity index (χ4v) is 2.78. The monoisotopic (exact) mass is 368 g/mol. The van der Waals surface area contributed by atoms with Crippen LogP contribution >= 0.6 is 11.6 Å². The molecule has 0 spiro atoms. The van der Waals surface area contributed by atoms with Gasteiger partial charge in [-0.1, -0.05) is 41.9 Å². The third-order valence-electron chi connectivity index (χ3n) is 3.72. The first-order valence-electron chi connectivity index (χ1n) is 7.95. The molecular weight excluding hydrogens is 352 g/mol. The molecular formula is C19H17ClN4O2. The molecule has 0 N–H and O–H groups in total. The average Bonchev–Trinajstić information content (AvgIpc) is 3.03. The van der Waals surface area contributed by atoms with Gasteiger partial charge in [-0.3, -0.25) is 9.59 Å². The lowest BCUT2D eigenvalue weighted by Crippen LogP contribution is -2.17. The molecule has 7 heteroatoms. The third-order valence-corrected chi connectivity index (χ3v) is 3.96. The predicted octanol–water partition coefficient (Wildman–Crippen LogP) is 3.03. The molecule has 0 aliphatic rings. The second-order valence-electron chi connectivity index (χ2n) is 6.01. The number of hydrogen-bond donors (Lipinski definition) is 0. The van der Waals surface area contributed by atoms with E-state index in [1.54, 1.807) is 42.5 Å². The van der Waals surface area contributed by atoms with Gasteiger partial charge in [0.1, 0.15) is 5.82 Å². The second kappa shape index (κ2) is 7.59. The van der Waals surface area contributed by atoms with Crippen LogP contribution in [0.25, 0.3) is 5.69 Å². The zero-order chi connectivity index (χ0) is 18.7. The summed E-state index contributed by atoms with van der Waals surface area (Å²) in [5, 5.41) is 4.68. The summed E-state index contributed by atoms with van der Waals surface area (Å²) < 4.78 is 1.52. The number of nitrogens with zero attached hydrogens (tertiary/aromatic N) is 4. The molecule has 26 heavy (non-hydrogen) atoms. The van der Waals surface area contributed by atoms with Gasteiger partial charge in [-0.25, -0.2) is 9.67 Å². The van der Waals surface area contributed by atoms with Crippen molar-refractivity contribution in [2.45, 2.75) is 6.54 Å². The van der Waals surface area contributed by atoms with Crippen LogP contribution in [0.5, 0.6) is 0 Å². The molecule has 3 aromatic rings. The topological polar surface area (TPSA) is 68.1 Å². The highest BCUT2D eigenvalue weighted by Gasteiger charge is 2.20. The summed E-state index contributed by atoms with van der Waals surface area (Å²) in [5.74, 6) is 0.443. The first-order chi connectivity index (χ1) is 12.5. The van der Waals surface area contributed by atoms with Crippen molar-refractivity contribution in [3.8, 4) is 5.69 Å². The Morgan fingerprint density at radius 2 is 1.92 bits per heavy atom. The Hall–Kier alpha value is -2.83. The number of hydrogen-bond acceptors (Lipinski definition) is 5. The Balaban J connectivity index is 2.16. The van der Waals surface area contributed by atoms with Crippen LogP contribution in [0.15, 0.2) is 48.5 Å². The summed E-state index contributed by atoms with van der Waals surface area (Å²) in [6.45, 7) is 0.461. The number of aldehydes is 1. The zero-order valence-electron chi connectivity index (χ0n) is 14.4. The number of halogens is 1. The van der Waals surface area contributed by atoms with Crippen LogP contribution in [0.4, 0.5) is 0 Å². The highest BCUT2D eigenvalue weighted by atomic mass is 35.5. The molecule has 0 saturated heterocycles. The van der Waals surface area contributed by atoms with E-state index < -0.39 is 0 Å². The first-order valence-corrected chi connectivity index (χ1v) is 8.33. The van der Waals surface area contributed by atoms with Gasteiger partial charge in [0, 0.05) is 16.1 Å². The van der Waals surface area contributed by atoms with Gasteiger partial charge in [-0.2, -0.15) is 0 Å². The van der Waals surface area contributed by atoms with Crippen LogP contribution in [0, 0.1) is 0 Å². The van der Waals surface area contributed by atoms with Crippen LogP contribution < -0.4 is 0 Å². The summed E-state index contributed by atoms with van der Waals surface area (Å²) in [6, 6.07) is 13.9. The van der Waals surface area contributed by atoms with Crippen molar-refractivity contribution in [3.63, 3.8) is 0 Å². The Labute approximate surface area is 156 Å². The molecule has 0 atom stereocenters. The Bertz CT molecular complexity index is 951. The van der Waals surface area contributed by atoms with Crippen molar-refractivity contribution in [1.29, 1.82) is 0 Å². The van der Waals surface area contributed by atoms with Crippen LogP contribution in [-0.4, -0.2) is 45.8 Å². The average molecular weight is 369 g/mol. The van der Waals surface area contributed by atoms with Crippen LogP contribution in [0.1, 0.15) is 32.4 Å². The van der Waals surface area contributed by atoms with Crippen molar-refractivity contribution in [1.82, 2.24) is 19.7 Å². The van der Waals surface area contributed by atoms with E-state index in [4.69, 9.17) is 11.6 Å². The molecule has 0 saturated carbocycles. The van der Waals surface area contributed by atoms with E-state index in [-0.39, 0.29) is 11.6 Å². The SMILES string of the molecule is CN(C)Cc1nc(C=O)nn1-c1ccc(Cl)cc1C(=O)c1ccccc1. The van der Waals surface area contributed by atoms with Gasteiger partial charge in [0.05, 0.1) is 12.2 Å². The zero-order valence-corrected chi connectivity index (χ0v) is 15.1. The lowest BCUT2D eigenvalue weighted by Gasteiger charge is -2.14. The maximum atomic E-state index is 13.0. The molecule has 0 amide bonds. The van der Waals surface area contributed by atoms with E-state index >= 15 is 0 Å². The standard InChI is InChI=1S/C19H17ClN4O2/c1-23(2)11-18-21-17(12-25)22-24(18)16-9-8-14(20)10-15(16)19(26)13-6-4-3-5-7-13/h3-10,12H,11H2,1-2H3. The van der Waals surface area contributed by atoms with Gasteiger partial charge >= 0.3 is 0 Å². The van der Waals surface area contributed by atoms with E-state index in [2.05, 4.69) is 10.1 Å². The molecule has 2 aromatic carbocycles. The minimum absolute atomic E-state index is 0.0647. The molecule has 1 aromatic heterocycles. The van der Waals surface area contributed by atoms with Crippen molar-refractivity contribution in [3.05, 3.63) is 76.3 Å². The molecule has 0 unspecified atom stereocenters. The van der Waals surface area contributed by atoms with E-state index in [0.29, 0.717) is 40.5 Å². The smallest absolute Gasteiger partial charge is 0.214 e. The minimum Gasteiger partial charge on any atom is -0.302 e. The molecule has 0 fully saturated rings. The Morgan fingerprint density at radius 1 is 1.19 bits per heavy atom. The lowest BCUT2D eigenvalue weighted by atomic mass is 10.0. The van der Waals surface area contributed by atoms with Gasteiger partial charge in [0.15, 0.2) is 12.1 Å². The Morgan fingerprint density at radius 3 is 2.58 bits per heavy atom. The highest BCUT2D eigenvalue weighted by molar-refractivity contribution is 6.31. The summed E-state index contributed by atoms with van der Waals surface area (Å²) in [5.41, 5.74) is 1.47. The lowest BCUT2D eigenvalue weighted by molar-refractivity contribution is 0.103. The predicted molar refractivity (Wildman–Crippen MR) is 99.0 cm³/mol. The van der Waals surface area contributed by atoms with E-state index in [1.165, 1.54) is 4.68 Å². The van der Waals surface area contributed by atoms with Crippen LogP contribution in [0.2, 0.25) is 5.02 Å². The Kier molecular flexibility index (Phi) is 5.25. The number of aromatic nitrogens is 3. The number of rotatable bonds is 6. The molecule has 3 rings (SSSR count). The maximum Gasteiger partial charge on any atom is 0.214 e. The van der Waals surface area contributed by atoms with E-state index in [9.17, 15) is 9.59 Å². The molecule has 1 heterocycles. The molecule has 132 valence electrons. The molecule has 0 aliphatic carbocycles. The summed E-state index contributed by atoms with van der Waals surface area (Å²) in [4.78, 5) is 30.3.